The van der Waals surface area contributed by atoms with E-state index in [0.717, 1.165) is 61.3 Å². The number of aromatic nitrogens is 1. The van der Waals surface area contributed by atoms with E-state index in [1.807, 2.05) is 30.3 Å². The number of rotatable bonds is 12. The molecule has 1 aromatic heterocycles. The van der Waals surface area contributed by atoms with Crippen LogP contribution in [0.15, 0.2) is 36.5 Å². The summed E-state index contributed by atoms with van der Waals surface area (Å²) in [5.74, 6) is 1.21. The van der Waals surface area contributed by atoms with Crippen LogP contribution in [-0.2, 0) is 15.1 Å². The SMILES string of the molecule is COc1ccc(C2(OC)CCN(CC(F)(F)F)CC2)c(N2CCC(COc3cc(C(CC(=O)O)C4CC4)ccn3)CC2)c1. The number of likely N-dealkylation sites (tertiary alicyclic amines) is 1. The fourth-order valence-electron chi connectivity index (χ4n) is 6.72. The second-order valence-electron chi connectivity index (χ2n) is 12.2. The van der Waals surface area contributed by atoms with Crippen molar-refractivity contribution in [2.75, 3.05) is 58.5 Å². The molecular weight excluding hydrogens is 563 g/mol. The van der Waals surface area contributed by atoms with Crippen molar-refractivity contribution in [1.29, 1.82) is 0 Å². The minimum Gasteiger partial charge on any atom is -0.497 e. The van der Waals surface area contributed by atoms with Gasteiger partial charge in [0.2, 0.25) is 5.88 Å². The lowest BCUT2D eigenvalue weighted by Crippen LogP contribution is -2.47. The molecule has 3 fully saturated rings. The summed E-state index contributed by atoms with van der Waals surface area (Å²) in [6, 6.07) is 9.71. The number of piperidine rings is 2. The number of aliphatic carboxylic acids is 1. The molecule has 2 saturated heterocycles. The molecule has 3 aliphatic rings. The predicted octanol–water partition coefficient (Wildman–Crippen LogP) is 5.85. The number of carboxylic acids is 1. The van der Waals surface area contributed by atoms with Crippen molar-refractivity contribution in [3.8, 4) is 11.6 Å². The van der Waals surface area contributed by atoms with Crippen molar-refractivity contribution in [3.05, 3.63) is 47.7 Å². The van der Waals surface area contributed by atoms with E-state index in [1.54, 1.807) is 20.4 Å². The van der Waals surface area contributed by atoms with Crippen LogP contribution < -0.4 is 14.4 Å². The van der Waals surface area contributed by atoms with Crippen LogP contribution in [0.5, 0.6) is 11.6 Å². The first kappa shape index (κ1) is 31.4. The smallest absolute Gasteiger partial charge is 0.401 e. The molecule has 236 valence electrons. The monoisotopic (exact) mass is 605 g/mol. The van der Waals surface area contributed by atoms with Crippen molar-refractivity contribution in [2.45, 2.75) is 62.6 Å². The Balaban J connectivity index is 1.22. The van der Waals surface area contributed by atoms with Gasteiger partial charge in [0.1, 0.15) is 5.75 Å². The Labute approximate surface area is 251 Å². The Morgan fingerprint density at radius 3 is 2.40 bits per heavy atom. The van der Waals surface area contributed by atoms with E-state index in [1.165, 1.54) is 4.90 Å². The Bertz CT molecular complexity index is 1240. The first-order valence-electron chi connectivity index (χ1n) is 15.2. The van der Waals surface area contributed by atoms with Crippen molar-refractivity contribution in [3.63, 3.8) is 0 Å². The summed E-state index contributed by atoms with van der Waals surface area (Å²) in [6.45, 7) is 1.84. The third kappa shape index (κ3) is 7.92. The topological polar surface area (TPSA) is 84.4 Å². The van der Waals surface area contributed by atoms with Gasteiger partial charge < -0.3 is 24.2 Å². The first-order valence-corrected chi connectivity index (χ1v) is 15.2. The number of methoxy groups -OCH3 is 2. The summed E-state index contributed by atoms with van der Waals surface area (Å²) in [5.41, 5.74) is 2.30. The van der Waals surface area contributed by atoms with Gasteiger partial charge >= 0.3 is 12.1 Å². The molecule has 1 atom stereocenters. The number of alkyl halides is 3. The number of anilines is 1. The molecule has 8 nitrogen and oxygen atoms in total. The Morgan fingerprint density at radius 2 is 1.79 bits per heavy atom. The second-order valence-corrected chi connectivity index (χ2v) is 12.2. The Kier molecular flexibility index (Phi) is 9.70. The molecule has 1 N–H and O–H groups in total. The third-order valence-electron chi connectivity index (χ3n) is 9.35. The minimum absolute atomic E-state index is 0.00424. The number of carbonyl (C=O) groups is 1. The molecule has 1 saturated carbocycles. The Morgan fingerprint density at radius 1 is 1.07 bits per heavy atom. The van der Waals surface area contributed by atoms with Crippen LogP contribution >= 0.6 is 0 Å². The van der Waals surface area contributed by atoms with Crippen molar-refractivity contribution >= 4 is 11.7 Å². The molecule has 0 radical (unpaired) electrons. The average molecular weight is 606 g/mol. The van der Waals surface area contributed by atoms with E-state index in [-0.39, 0.29) is 12.3 Å². The lowest BCUT2D eigenvalue weighted by atomic mass is 9.82. The highest BCUT2D eigenvalue weighted by Gasteiger charge is 2.42. The highest BCUT2D eigenvalue weighted by atomic mass is 19.4. The molecule has 5 rings (SSSR count). The molecule has 1 aliphatic carbocycles. The lowest BCUT2D eigenvalue weighted by Gasteiger charge is -2.44. The van der Waals surface area contributed by atoms with E-state index in [4.69, 9.17) is 14.2 Å². The van der Waals surface area contributed by atoms with Crippen LogP contribution in [0.4, 0.5) is 18.9 Å². The number of pyridine rings is 1. The molecule has 2 aliphatic heterocycles. The first-order chi connectivity index (χ1) is 20.6. The molecule has 1 unspecified atom stereocenters. The lowest BCUT2D eigenvalue weighted by molar-refractivity contribution is -0.157. The maximum atomic E-state index is 13.0. The van der Waals surface area contributed by atoms with Gasteiger partial charge in [-0.3, -0.25) is 9.69 Å². The summed E-state index contributed by atoms with van der Waals surface area (Å²) in [5, 5.41) is 9.36. The third-order valence-corrected chi connectivity index (χ3v) is 9.35. The van der Waals surface area contributed by atoms with E-state index in [9.17, 15) is 23.1 Å². The van der Waals surface area contributed by atoms with E-state index in [2.05, 4.69) is 9.88 Å². The van der Waals surface area contributed by atoms with Crippen molar-refractivity contribution in [1.82, 2.24) is 9.88 Å². The van der Waals surface area contributed by atoms with Gasteiger partial charge in [-0.1, -0.05) is 6.07 Å². The van der Waals surface area contributed by atoms with Crippen LogP contribution in [0.1, 0.15) is 62.0 Å². The summed E-state index contributed by atoms with van der Waals surface area (Å²) in [6.07, 6.45) is 2.48. The Hall–Kier alpha value is -3.05. The fraction of sp³-hybridized carbons (Fsp3) is 0.625. The number of ether oxygens (including phenoxy) is 3. The molecule has 11 heteroatoms. The summed E-state index contributed by atoms with van der Waals surface area (Å²) in [4.78, 5) is 19.6. The van der Waals surface area contributed by atoms with Gasteiger partial charge in [-0.05, 0) is 74.0 Å². The van der Waals surface area contributed by atoms with Gasteiger partial charge in [-0.15, -0.1) is 0 Å². The van der Waals surface area contributed by atoms with Gasteiger partial charge in [0, 0.05) is 62.9 Å². The van der Waals surface area contributed by atoms with E-state index >= 15 is 0 Å². The summed E-state index contributed by atoms with van der Waals surface area (Å²) in [7, 11) is 3.27. The zero-order valence-electron chi connectivity index (χ0n) is 24.9. The molecule has 0 spiro atoms. The number of hydrogen-bond donors (Lipinski definition) is 1. The highest BCUT2D eigenvalue weighted by molar-refractivity contribution is 5.68. The summed E-state index contributed by atoms with van der Waals surface area (Å²) < 4.78 is 56.8. The average Bonchev–Trinajstić information content (AvgIpc) is 3.84. The fourth-order valence-corrected chi connectivity index (χ4v) is 6.72. The molecule has 3 heterocycles. The van der Waals surface area contributed by atoms with Crippen LogP contribution in [0, 0.1) is 11.8 Å². The largest absolute Gasteiger partial charge is 0.497 e. The van der Waals surface area contributed by atoms with Gasteiger partial charge in [-0.2, -0.15) is 13.2 Å². The molecule has 43 heavy (non-hydrogen) atoms. The van der Waals surface area contributed by atoms with Gasteiger partial charge in [0.05, 0.1) is 32.3 Å². The van der Waals surface area contributed by atoms with E-state index < -0.39 is 24.3 Å². The van der Waals surface area contributed by atoms with Crippen LogP contribution in [-0.4, -0.2) is 80.7 Å². The standard InChI is InChI=1S/C32H42F3N3O5/c1-41-25-5-6-27(31(42-2)10-15-37(16-11-31)21-32(33,34)35)28(18-25)38-13-8-22(9-14-38)20-43-29-17-24(7-12-36-29)26(19-30(39)40)23-3-4-23/h5-7,12,17-18,22-23,26H,3-4,8-11,13-16,19-21H2,1-2H3,(H,39,40). The molecule has 1 aromatic carbocycles. The molecule has 0 amide bonds. The van der Waals surface area contributed by atoms with Gasteiger partial charge in [0.15, 0.2) is 0 Å². The van der Waals surface area contributed by atoms with Crippen LogP contribution in [0.25, 0.3) is 0 Å². The number of halogens is 3. The number of benzene rings is 1. The van der Waals surface area contributed by atoms with Crippen molar-refractivity contribution in [2.24, 2.45) is 11.8 Å². The predicted molar refractivity (Wildman–Crippen MR) is 156 cm³/mol. The zero-order valence-corrected chi connectivity index (χ0v) is 24.9. The van der Waals surface area contributed by atoms with Gasteiger partial charge in [0.25, 0.3) is 0 Å². The number of carboxylic acid groups (broad SMARTS) is 1. The van der Waals surface area contributed by atoms with Crippen LogP contribution in [0.2, 0.25) is 0 Å². The molecule has 2 aromatic rings. The van der Waals surface area contributed by atoms with E-state index in [0.29, 0.717) is 50.3 Å². The number of hydrogen-bond acceptors (Lipinski definition) is 7. The maximum Gasteiger partial charge on any atom is 0.401 e. The number of nitrogens with zero attached hydrogens (tertiary/aromatic N) is 3. The second kappa shape index (κ2) is 13.3. The van der Waals surface area contributed by atoms with Crippen LogP contribution in [0.3, 0.4) is 0 Å². The van der Waals surface area contributed by atoms with Crippen molar-refractivity contribution < 1.29 is 37.3 Å². The quantitative estimate of drug-likeness (QED) is 0.323. The van der Waals surface area contributed by atoms with Gasteiger partial charge in [-0.25, -0.2) is 4.98 Å². The minimum atomic E-state index is -4.22. The molecule has 0 bridgehead atoms. The highest BCUT2D eigenvalue weighted by Crippen LogP contribution is 2.45. The maximum absolute atomic E-state index is 13.0. The summed E-state index contributed by atoms with van der Waals surface area (Å²) >= 11 is 0. The molecular formula is C32H42F3N3O5. The normalized spacial score (nSPS) is 20.5. The zero-order chi connectivity index (χ0) is 30.6.